The Labute approximate surface area is 120 Å². The summed E-state index contributed by atoms with van der Waals surface area (Å²) in [6, 6.07) is 10.0. The summed E-state index contributed by atoms with van der Waals surface area (Å²) in [6.07, 6.45) is 0. The molecule has 0 amide bonds. The van der Waals surface area contributed by atoms with Gasteiger partial charge in [0.25, 0.3) is 9.28 Å². The van der Waals surface area contributed by atoms with Crippen molar-refractivity contribution in [3.63, 3.8) is 0 Å². The minimum Gasteiger partial charge on any atom is -0.420 e. The molecule has 1 saturated heterocycles. The second-order valence-electron chi connectivity index (χ2n) is 4.65. The Morgan fingerprint density at radius 2 is 1.42 bits per heavy atom. The molecule has 1 aromatic rings. The van der Waals surface area contributed by atoms with E-state index >= 15 is 0 Å². The molecule has 0 radical (unpaired) electrons. The molecule has 0 saturated carbocycles. The summed E-state index contributed by atoms with van der Waals surface area (Å²) in [5.41, 5.74) is 1.02. The van der Waals surface area contributed by atoms with Crippen molar-refractivity contribution in [3.05, 3.63) is 30.3 Å². The first-order valence-corrected chi connectivity index (χ1v) is 15.1. The first-order valence-electron chi connectivity index (χ1n) is 6.47. The van der Waals surface area contributed by atoms with E-state index in [9.17, 15) is 0 Å². The van der Waals surface area contributed by atoms with Gasteiger partial charge in [0.15, 0.2) is 0 Å². The van der Waals surface area contributed by atoms with Crippen molar-refractivity contribution in [2.45, 2.75) is 26.2 Å². The summed E-state index contributed by atoms with van der Waals surface area (Å²) in [5.74, 6) is 0. The standard InChI is InChI=1S/C10H21NO4Si4/c1-16-12-17(2)14-19(4,15-18(3)13-16)11-10-8-6-5-7-9-10/h5-9,11,16-18H,1-4H3. The summed E-state index contributed by atoms with van der Waals surface area (Å²) in [4.78, 5) is 3.42. The van der Waals surface area contributed by atoms with Gasteiger partial charge in [-0.2, -0.15) is 0 Å². The van der Waals surface area contributed by atoms with Crippen LogP contribution in [0.4, 0.5) is 5.69 Å². The average Bonchev–Trinajstić information content (AvgIpc) is 2.26. The molecule has 2 unspecified atom stereocenters. The summed E-state index contributed by atoms with van der Waals surface area (Å²) >= 11 is 0. The predicted molar refractivity (Wildman–Crippen MR) is 85.1 cm³/mol. The number of nitrogens with one attached hydrogen (secondary N) is 1. The fourth-order valence-corrected chi connectivity index (χ4v) is 15.7. The molecule has 0 spiro atoms. The van der Waals surface area contributed by atoms with Crippen LogP contribution in [0.1, 0.15) is 0 Å². The third-order valence-corrected chi connectivity index (χ3v) is 15.8. The number of benzene rings is 1. The molecule has 1 aliphatic heterocycles. The Balaban J connectivity index is 2.10. The van der Waals surface area contributed by atoms with Crippen LogP contribution in [0, 0.1) is 0 Å². The number of para-hydroxylation sites is 1. The van der Waals surface area contributed by atoms with E-state index in [4.69, 9.17) is 16.5 Å². The highest BCUT2D eigenvalue weighted by atomic mass is 28.5. The van der Waals surface area contributed by atoms with Crippen LogP contribution in [0.2, 0.25) is 26.2 Å². The maximum atomic E-state index is 6.14. The van der Waals surface area contributed by atoms with Crippen LogP contribution in [0.25, 0.3) is 0 Å². The molecule has 1 N–H and O–H groups in total. The molecule has 9 heteroatoms. The average molecular weight is 332 g/mol. The SMILES string of the molecule is C[SiH]1O[SiH](C)O[Si](C)(Nc2ccccc2)O[SiH](C)O1. The van der Waals surface area contributed by atoms with E-state index < -0.39 is 36.6 Å². The van der Waals surface area contributed by atoms with Crippen LogP contribution in [-0.4, -0.2) is 36.6 Å². The highest BCUT2D eigenvalue weighted by Gasteiger charge is 2.40. The van der Waals surface area contributed by atoms with Crippen molar-refractivity contribution in [1.29, 1.82) is 0 Å². The van der Waals surface area contributed by atoms with Crippen LogP contribution in [0.15, 0.2) is 30.3 Å². The van der Waals surface area contributed by atoms with Gasteiger partial charge < -0.3 is 21.4 Å². The zero-order valence-corrected chi connectivity index (χ0v) is 16.2. The third-order valence-electron chi connectivity index (χ3n) is 2.69. The van der Waals surface area contributed by atoms with Crippen LogP contribution < -0.4 is 4.98 Å². The van der Waals surface area contributed by atoms with Gasteiger partial charge in [0.2, 0.25) is 0 Å². The molecule has 1 heterocycles. The number of anilines is 1. The smallest absolute Gasteiger partial charge is 0.420 e. The molecule has 5 nitrogen and oxygen atoms in total. The molecular weight excluding hydrogens is 310 g/mol. The van der Waals surface area contributed by atoms with Gasteiger partial charge in [0.1, 0.15) is 0 Å². The van der Waals surface area contributed by atoms with Crippen molar-refractivity contribution >= 4 is 42.3 Å². The van der Waals surface area contributed by atoms with E-state index in [-0.39, 0.29) is 0 Å². The van der Waals surface area contributed by atoms with Crippen molar-refractivity contribution in [1.82, 2.24) is 0 Å². The molecule has 106 valence electrons. The molecule has 0 aliphatic carbocycles. The quantitative estimate of drug-likeness (QED) is 0.828. The molecule has 19 heavy (non-hydrogen) atoms. The minimum absolute atomic E-state index is 1.02. The Morgan fingerprint density at radius 1 is 0.895 bits per heavy atom. The first kappa shape index (κ1) is 15.1. The predicted octanol–water partition coefficient (Wildman–Crippen LogP) is 1.30. The second-order valence-corrected chi connectivity index (χ2v) is 14.3. The monoisotopic (exact) mass is 331 g/mol. The molecule has 0 bridgehead atoms. The molecular formula is C10H21NO4Si4. The van der Waals surface area contributed by atoms with E-state index in [0.29, 0.717) is 0 Å². The lowest BCUT2D eigenvalue weighted by Gasteiger charge is -2.37. The Hall–Kier alpha value is -0.272. The molecule has 0 aromatic heterocycles. The van der Waals surface area contributed by atoms with Gasteiger partial charge in [-0.1, -0.05) is 18.2 Å². The van der Waals surface area contributed by atoms with Crippen LogP contribution in [0.3, 0.4) is 0 Å². The van der Waals surface area contributed by atoms with E-state index in [2.05, 4.69) is 4.98 Å². The largest absolute Gasteiger partial charge is 0.435 e. The number of hydrogen-bond donors (Lipinski definition) is 1. The maximum absolute atomic E-state index is 6.14. The number of rotatable bonds is 2. The zero-order chi connectivity index (χ0) is 13.9. The fourth-order valence-electron chi connectivity index (χ4n) is 2.13. The van der Waals surface area contributed by atoms with E-state index in [1.165, 1.54) is 0 Å². The number of hydrogen-bond acceptors (Lipinski definition) is 5. The third kappa shape index (κ3) is 4.64. The Morgan fingerprint density at radius 3 is 1.95 bits per heavy atom. The molecule has 2 atom stereocenters. The fraction of sp³-hybridized carbons (Fsp3) is 0.400. The zero-order valence-electron chi connectivity index (χ0n) is 11.8. The van der Waals surface area contributed by atoms with Crippen LogP contribution >= 0.6 is 0 Å². The summed E-state index contributed by atoms with van der Waals surface area (Å²) in [7, 11) is -7.40. The normalized spacial score (nSPS) is 36.3. The van der Waals surface area contributed by atoms with Crippen LogP contribution in [0.5, 0.6) is 0 Å². The van der Waals surface area contributed by atoms with E-state index in [1.807, 2.05) is 56.5 Å². The maximum Gasteiger partial charge on any atom is 0.435 e. The Kier molecular flexibility index (Phi) is 5.14. The Bertz CT molecular complexity index is 396. The van der Waals surface area contributed by atoms with Crippen LogP contribution in [-0.2, 0) is 16.5 Å². The van der Waals surface area contributed by atoms with Gasteiger partial charge >= 0.3 is 27.3 Å². The highest BCUT2D eigenvalue weighted by Crippen LogP contribution is 2.19. The van der Waals surface area contributed by atoms with Gasteiger partial charge in [0, 0.05) is 5.69 Å². The highest BCUT2D eigenvalue weighted by molar-refractivity contribution is 6.82. The van der Waals surface area contributed by atoms with Gasteiger partial charge in [-0.05, 0) is 38.3 Å². The van der Waals surface area contributed by atoms with Gasteiger partial charge in [-0.3, -0.25) is 0 Å². The van der Waals surface area contributed by atoms with Crippen molar-refractivity contribution in [2.75, 3.05) is 4.98 Å². The second kappa shape index (κ2) is 6.45. The summed E-state index contributed by atoms with van der Waals surface area (Å²) in [6.45, 7) is 8.13. The molecule has 2 rings (SSSR count). The van der Waals surface area contributed by atoms with E-state index in [0.717, 1.165) is 5.69 Å². The molecule has 1 aromatic carbocycles. The minimum atomic E-state index is -2.47. The summed E-state index contributed by atoms with van der Waals surface area (Å²) < 4.78 is 24.0. The van der Waals surface area contributed by atoms with Gasteiger partial charge in [-0.15, -0.1) is 0 Å². The topological polar surface area (TPSA) is 49.0 Å². The lowest BCUT2D eigenvalue weighted by molar-refractivity contribution is 0.279. The van der Waals surface area contributed by atoms with Crippen molar-refractivity contribution in [3.8, 4) is 0 Å². The van der Waals surface area contributed by atoms with Crippen molar-refractivity contribution < 1.29 is 16.5 Å². The summed E-state index contributed by atoms with van der Waals surface area (Å²) in [5, 5.41) is 0. The van der Waals surface area contributed by atoms with E-state index in [1.54, 1.807) is 0 Å². The lowest BCUT2D eigenvalue weighted by Crippen LogP contribution is -2.57. The molecule has 1 fully saturated rings. The molecule has 1 aliphatic rings. The van der Waals surface area contributed by atoms with Gasteiger partial charge in [-0.25, -0.2) is 0 Å². The van der Waals surface area contributed by atoms with Crippen molar-refractivity contribution in [2.24, 2.45) is 0 Å². The lowest BCUT2D eigenvalue weighted by atomic mass is 10.3. The first-order chi connectivity index (χ1) is 8.97. The van der Waals surface area contributed by atoms with Gasteiger partial charge in [0.05, 0.1) is 0 Å².